The lowest BCUT2D eigenvalue weighted by atomic mass is 9.91. The second kappa shape index (κ2) is 7.93. The summed E-state index contributed by atoms with van der Waals surface area (Å²) < 4.78 is 0. The van der Waals surface area contributed by atoms with E-state index in [0.717, 1.165) is 22.3 Å². The van der Waals surface area contributed by atoms with Crippen molar-refractivity contribution in [3.05, 3.63) is 107 Å². The minimum absolute atomic E-state index is 0.119. The Hall–Kier alpha value is -3.01. The molecule has 0 atom stereocenters. The van der Waals surface area contributed by atoms with Crippen LogP contribution in [0.1, 0.15) is 15.9 Å². The van der Waals surface area contributed by atoms with E-state index in [1.165, 1.54) is 0 Å². The summed E-state index contributed by atoms with van der Waals surface area (Å²) in [5.41, 5.74) is 4.21. The molecular formula is C23H14Cl2N2O. The molecule has 0 radical (unpaired) electrons. The Kier molecular flexibility index (Phi) is 5.20. The van der Waals surface area contributed by atoms with E-state index in [9.17, 15) is 4.79 Å². The molecule has 5 heteroatoms. The van der Waals surface area contributed by atoms with Crippen molar-refractivity contribution in [3.63, 3.8) is 0 Å². The number of benzene rings is 2. The van der Waals surface area contributed by atoms with E-state index in [0.29, 0.717) is 21.2 Å². The van der Waals surface area contributed by atoms with Gasteiger partial charge in [-0.05, 0) is 59.7 Å². The summed E-state index contributed by atoms with van der Waals surface area (Å²) in [5, 5.41) is 1.11. The van der Waals surface area contributed by atoms with Crippen LogP contribution in [-0.2, 0) is 0 Å². The molecule has 2 aromatic carbocycles. The molecular weight excluding hydrogens is 391 g/mol. The van der Waals surface area contributed by atoms with Crippen LogP contribution in [0.2, 0.25) is 10.0 Å². The molecule has 0 amide bonds. The van der Waals surface area contributed by atoms with Gasteiger partial charge in [0.15, 0.2) is 5.78 Å². The van der Waals surface area contributed by atoms with Gasteiger partial charge in [0.1, 0.15) is 0 Å². The first-order valence-electron chi connectivity index (χ1n) is 8.58. The molecule has 4 aromatic rings. The summed E-state index contributed by atoms with van der Waals surface area (Å²) >= 11 is 12.4. The fraction of sp³-hybridized carbons (Fsp3) is 0. The summed E-state index contributed by atoms with van der Waals surface area (Å²) in [5.74, 6) is -0.119. The largest absolute Gasteiger partial charge is 0.289 e. The van der Waals surface area contributed by atoms with Gasteiger partial charge in [-0.1, -0.05) is 35.3 Å². The molecule has 3 nitrogen and oxygen atoms in total. The van der Waals surface area contributed by atoms with Crippen LogP contribution < -0.4 is 0 Å². The molecule has 28 heavy (non-hydrogen) atoms. The standard InChI is InChI=1S/C23H14Cl2N2O/c24-17-5-7-19(21(11-17)15-3-1-9-26-13-15)23(28)20-8-6-18(25)12-22(20)16-4-2-10-27-14-16/h1-14H. The highest BCUT2D eigenvalue weighted by molar-refractivity contribution is 6.32. The maximum atomic E-state index is 13.5. The van der Waals surface area contributed by atoms with E-state index in [1.807, 2.05) is 24.3 Å². The maximum absolute atomic E-state index is 13.5. The minimum Gasteiger partial charge on any atom is -0.289 e. The average Bonchev–Trinajstić information content (AvgIpc) is 2.74. The fourth-order valence-electron chi connectivity index (χ4n) is 3.10. The molecule has 0 spiro atoms. The second-order valence-corrected chi connectivity index (χ2v) is 7.07. The Morgan fingerprint density at radius 3 is 1.54 bits per heavy atom. The summed E-state index contributed by atoms with van der Waals surface area (Å²) in [6.07, 6.45) is 6.81. The van der Waals surface area contributed by atoms with Crippen LogP contribution in [0.5, 0.6) is 0 Å². The van der Waals surface area contributed by atoms with E-state index in [1.54, 1.807) is 61.2 Å². The Labute approximate surface area is 172 Å². The van der Waals surface area contributed by atoms with Crippen molar-refractivity contribution in [3.8, 4) is 22.3 Å². The third-order valence-corrected chi connectivity index (χ3v) is 4.87. The van der Waals surface area contributed by atoms with Crippen molar-refractivity contribution in [2.45, 2.75) is 0 Å². The van der Waals surface area contributed by atoms with Gasteiger partial charge >= 0.3 is 0 Å². The zero-order valence-electron chi connectivity index (χ0n) is 14.6. The van der Waals surface area contributed by atoms with Gasteiger partial charge in [-0.3, -0.25) is 14.8 Å². The number of aromatic nitrogens is 2. The number of hydrogen-bond donors (Lipinski definition) is 0. The van der Waals surface area contributed by atoms with Gasteiger partial charge in [-0.15, -0.1) is 0 Å². The predicted octanol–water partition coefficient (Wildman–Crippen LogP) is 6.35. The van der Waals surface area contributed by atoms with Crippen molar-refractivity contribution in [1.29, 1.82) is 0 Å². The second-order valence-electron chi connectivity index (χ2n) is 6.19. The van der Waals surface area contributed by atoms with Crippen molar-refractivity contribution in [1.82, 2.24) is 9.97 Å². The molecule has 0 saturated heterocycles. The lowest BCUT2D eigenvalue weighted by Gasteiger charge is -2.13. The highest BCUT2D eigenvalue weighted by atomic mass is 35.5. The number of halogens is 2. The summed E-state index contributed by atoms with van der Waals surface area (Å²) in [6.45, 7) is 0. The Morgan fingerprint density at radius 1 is 0.679 bits per heavy atom. The van der Waals surface area contributed by atoms with Crippen LogP contribution in [0.3, 0.4) is 0 Å². The molecule has 0 aliphatic rings. The molecule has 0 saturated carbocycles. The lowest BCUT2D eigenvalue weighted by Crippen LogP contribution is -2.06. The molecule has 0 bridgehead atoms. The van der Waals surface area contributed by atoms with E-state index < -0.39 is 0 Å². The van der Waals surface area contributed by atoms with Crippen molar-refractivity contribution < 1.29 is 4.79 Å². The van der Waals surface area contributed by atoms with Gasteiger partial charge in [-0.25, -0.2) is 0 Å². The minimum atomic E-state index is -0.119. The number of carbonyl (C=O) groups excluding carboxylic acids is 1. The molecule has 136 valence electrons. The zero-order chi connectivity index (χ0) is 19.5. The van der Waals surface area contributed by atoms with Gasteiger partial charge in [0.25, 0.3) is 0 Å². The number of nitrogens with zero attached hydrogens (tertiary/aromatic N) is 2. The number of carbonyl (C=O) groups is 1. The number of pyridine rings is 2. The maximum Gasteiger partial charge on any atom is 0.194 e. The molecule has 0 aliphatic carbocycles. The van der Waals surface area contributed by atoms with Crippen LogP contribution in [0.25, 0.3) is 22.3 Å². The van der Waals surface area contributed by atoms with Gasteiger partial charge in [0.05, 0.1) is 0 Å². The van der Waals surface area contributed by atoms with Crippen LogP contribution in [-0.4, -0.2) is 15.8 Å². The van der Waals surface area contributed by atoms with E-state index in [-0.39, 0.29) is 5.78 Å². The van der Waals surface area contributed by atoms with Crippen molar-refractivity contribution in [2.75, 3.05) is 0 Å². The molecule has 0 unspecified atom stereocenters. The average molecular weight is 405 g/mol. The number of rotatable bonds is 4. The van der Waals surface area contributed by atoms with Crippen molar-refractivity contribution in [2.24, 2.45) is 0 Å². The SMILES string of the molecule is O=C(c1ccc(Cl)cc1-c1cccnc1)c1ccc(Cl)cc1-c1cccnc1. The van der Waals surface area contributed by atoms with Gasteiger partial charge < -0.3 is 0 Å². The summed E-state index contributed by atoms with van der Waals surface area (Å²) in [6, 6.07) is 17.9. The van der Waals surface area contributed by atoms with E-state index in [2.05, 4.69) is 9.97 Å². The van der Waals surface area contributed by atoms with Gasteiger partial charge in [0, 0.05) is 57.1 Å². The first-order chi connectivity index (χ1) is 13.6. The molecule has 2 aromatic heterocycles. The quantitative estimate of drug-likeness (QED) is 0.372. The zero-order valence-corrected chi connectivity index (χ0v) is 16.2. The molecule has 2 heterocycles. The smallest absolute Gasteiger partial charge is 0.194 e. The molecule has 4 rings (SSSR count). The third kappa shape index (κ3) is 3.68. The Bertz CT molecular complexity index is 1050. The van der Waals surface area contributed by atoms with Crippen LogP contribution in [0.4, 0.5) is 0 Å². The third-order valence-electron chi connectivity index (χ3n) is 4.40. The van der Waals surface area contributed by atoms with Gasteiger partial charge in [0.2, 0.25) is 0 Å². The Balaban J connectivity index is 1.89. The highest BCUT2D eigenvalue weighted by Crippen LogP contribution is 2.32. The summed E-state index contributed by atoms with van der Waals surface area (Å²) in [4.78, 5) is 21.9. The number of ketones is 1. The highest BCUT2D eigenvalue weighted by Gasteiger charge is 2.19. The lowest BCUT2D eigenvalue weighted by molar-refractivity contribution is 0.104. The van der Waals surface area contributed by atoms with Crippen LogP contribution in [0, 0.1) is 0 Å². The van der Waals surface area contributed by atoms with Crippen LogP contribution in [0.15, 0.2) is 85.5 Å². The fourth-order valence-corrected chi connectivity index (χ4v) is 3.44. The molecule has 0 aliphatic heterocycles. The van der Waals surface area contributed by atoms with Gasteiger partial charge in [-0.2, -0.15) is 0 Å². The van der Waals surface area contributed by atoms with Crippen LogP contribution >= 0.6 is 23.2 Å². The van der Waals surface area contributed by atoms with Crippen molar-refractivity contribution >= 4 is 29.0 Å². The first kappa shape index (κ1) is 18.4. The Morgan fingerprint density at radius 2 is 1.14 bits per heavy atom. The molecule has 0 N–H and O–H groups in total. The predicted molar refractivity (Wildman–Crippen MR) is 113 cm³/mol. The molecule has 0 fully saturated rings. The van der Waals surface area contributed by atoms with E-state index >= 15 is 0 Å². The monoisotopic (exact) mass is 404 g/mol. The van der Waals surface area contributed by atoms with E-state index in [4.69, 9.17) is 23.2 Å². The normalized spacial score (nSPS) is 10.6. The topological polar surface area (TPSA) is 42.9 Å². The number of hydrogen-bond acceptors (Lipinski definition) is 3. The first-order valence-corrected chi connectivity index (χ1v) is 9.33. The summed E-state index contributed by atoms with van der Waals surface area (Å²) in [7, 11) is 0.